The summed E-state index contributed by atoms with van der Waals surface area (Å²) in [6.07, 6.45) is 2.09. The molecule has 28 heavy (non-hydrogen) atoms. The van der Waals surface area contributed by atoms with Crippen molar-refractivity contribution in [2.75, 3.05) is 13.6 Å². The number of benzene rings is 1. The summed E-state index contributed by atoms with van der Waals surface area (Å²) < 4.78 is 1.88. The molecule has 0 amide bonds. The van der Waals surface area contributed by atoms with Crippen molar-refractivity contribution in [2.45, 2.75) is 53.6 Å². The largest absolute Gasteiger partial charge is 0.507 e. The number of halogens is 1. The third-order valence-electron chi connectivity index (χ3n) is 4.55. The quantitative estimate of drug-likeness (QED) is 0.357. The van der Waals surface area contributed by atoms with Gasteiger partial charge in [0, 0.05) is 38.9 Å². The minimum Gasteiger partial charge on any atom is -0.507 e. The lowest BCUT2D eigenvalue weighted by atomic mass is 10.1. The summed E-state index contributed by atoms with van der Waals surface area (Å²) in [5.41, 5.74) is 5.21. The molecule has 7 heteroatoms. The average molecular weight is 499 g/mol. The van der Waals surface area contributed by atoms with Gasteiger partial charge in [-0.3, -0.25) is 4.68 Å². The van der Waals surface area contributed by atoms with Gasteiger partial charge in [-0.15, -0.1) is 24.0 Å². The van der Waals surface area contributed by atoms with Crippen molar-refractivity contribution in [1.82, 2.24) is 20.0 Å². The second-order valence-corrected chi connectivity index (χ2v) is 7.47. The fraction of sp³-hybridized carbons (Fsp3) is 0.524. The topological polar surface area (TPSA) is 65.7 Å². The maximum Gasteiger partial charge on any atom is 0.194 e. The number of rotatable bonds is 6. The molecule has 0 fully saturated rings. The Hall–Kier alpha value is -1.77. The lowest BCUT2D eigenvalue weighted by Gasteiger charge is -2.22. The molecule has 0 atom stereocenters. The van der Waals surface area contributed by atoms with E-state index in [4.69, 9.17) is 4.99 Å². The Morgan fingerprint density at radius 3 is 2.43 bits per heavy atom. The van der Waals surface area contributed by atoms with Gasteiger partial charge in [0.2, 0.25) is 0 Å². The second kappa shape index (κ2) is 10.7. The summed E-state index contributed by atoms with van der Waals surface area (Å²) >= 11 is 0. The number of aromatic hydroxyl groups is 1. The van der Waals surface area contributed by atoms with Gasteiger partial charge >= 0.3 is 0 Å². The van der Waals surface area contributed by atoms with Gasteiger partial charge in [-0.25, -0.2) is 4.99 Å². The fourth-order valence-corrected chi connectivity index (χ4v) is 3.27. The number of aryl methyl sites for hydroxylation is 3. The van der Waals surface area contributed by atoms with Crippen LogP contribution >= 0.6 is 24.0 Å². The number of aliphatic imine (C=N–C) groups is 1. The molecule has 6 nitrogen and oxygen atoms in total. The van der Waals surface area contributed by atoms with Crippen molar-refractivity contribution in [2.24, 2.45) is 12.0 Å². The number of nitrogens with one attached hydrogen (secondary N) is 1. The van der Waals surface area contributed by atoms with E-state index in [-0.39, 0.29) is 24.0 Å². The van der Waals surface area contributed by atoms with Crippen LogP contribution in [0.2, 0.25) is 0 Å². The number of phenolic OH excluding ortho intramolecular Hbond substituents is 1. The lowest BCUT2D eigenvalue weighted by Crippen LogP contribution is -2.38. The van der Waals surface area contributed by atoms with Crippen LogP contribution in [0.3, 0.4) is 0 Å². The second-order valence-electron chi connectivity index (χ2n) is 7.47. The molecule has 0 aliphatic rings. The summed E-state index contributed by atoms with van der Waals surface area (Å²) in [5, 5.41) is 17.9. The van der Waals surface area contributed by atoms with E-state index in [9.17, 15) is 5.11 Å². The molecule has 0 aliphatic heterocycles. The molecular weight excluding hydrogens is 465 g/mol. The van der Waals surface area contributed by atoms with Crippen LogP contribution in [-0.4, -0.2) is 39.3 Å². The van der Waals surface area contributed by atoms with Crippen LogP contribution in [0.15, 0.2) is 23.3 Å². The van der Waals surface area contributed by atoms with E-state index in [1.54, 1.807) is 0 Å². The molecule has 0 saturated carbocycles. The number of hydrogen-bond acceptors (Lipinski definition) is 3. The van der Waals surface area contributed by atoms with Crippen LogP contribution in [0.4, 0.5) is 0 Å². The summed E-state index contributed by atoms with van der Waals surface area (Å²) in [7, 11) is 4.01. The fourth-order valence-electron chi connectivity index (χ4n) is 3.27. The Labute approximate surface area is 186 Å². The Morgan fingerprint density at radius 2 is 1.89 bits per heavy atom. The van der Waals surface area contributed by atoms with E-state index in [1.807, 2.05) is 44.8 Å². The van der Waals surface area contributed by atoms with Crippen molar-refractivity contribution in [3.63, 3.8) is 0 Å². The van der Waals surface area contributed by atoms with Gasteiger partial charge in [0.1, 0.15) is 5.75 Å². The predicted molar refractivity (Wildman–Crippen MR) is 127 cm³/mol. The van der Waals surface area contributed by atoms with Crippen LogP contribution < -0.4 is 5.32 Å². The highest BCUT2D eigenvalue weighted by molar-refractivity contribution is 14.0. The third kappa shape index (κ3) is 6.12. The van der Waals surface area contributed by atoms with Gasteiger partial charge in [-0.05, 0) is 43.4 Å². The molecule has 2 N–H and O–H groups in total. The number of hydrogen-bond donors (Lipinski definition) is 2. The van der Waals surface area contributed by atoms with Crippen LogP contribution in [0, 0.1) is 13.8 Å². The number of nitrogens with zero attached hydrogens (tertiary/aromatic N) is 4. The molecular formula is C21H34IN5O. The molecule has 2 rings (SSSR count). The molecule has 1 aromatic carbocycles. The van der Waals surface area contributed by atoms with E-state index < -0.39 is 0 Å². The minimum atomic E-state index is 0. The van der Waals surface area contributed by atoms with Crippen LogP contribution in [0.25, 0.3) is 0 Å². The standard InChI is InChI=1S/C21H33N5O.HI/c1-8-22-21(23-11-17-9-15(4)20(27)16(5)10-17)25(6)12-18-13-26(7)24-19(18)14(2)3;/h9-10,13-14,27H,8,11-12H2,1-7H3,(H,22,23);1H. The average Bonchev–Trinajstić information content (AvgIpc) is 2.96. The first-order chi connectivity index (χ1) is 12.7. The molecule has 0 radical (unpaired) electrons. The van der Waals surface area contributed by atoms with Gasteiger partial charge < -0.3 is 15.3 Å². The number of guanidine groups is 1. The first-order valence-corrected chi connectivity index (χ1v) is 9.53. The van der Waals surface area contributed by atoms with Crippen LogP contribution in [0.1, 0.15) is 54.6 Å². The zero-order valence-corrected chi connectivity index (χ0v) is 20.4. The summed E-state index contributed by atoms with van der Waals surface area (Å²) in [4.78, 5) is 6.93. The maximum atomic E-state index is 9.95. The van der Waals surface area contributed by atoms with E-state index in [0.29, 0.717) is 18.2 Å². The van der Waals surface area contributed by atoms with E-state index in [0.717, 1.165) is 41.4 Å². The Morgan fingerprint density at radius 1 is 1.29 bits per heavy atom. The van der Waals surface area contributed by atoms with E-state index >= 15 is 0 Å². The molecule has 0 unspecified atom stereocenters. The summed E-state index contributed by atoms with van der Waals surface area (Å²) in [5.74, 6) is 1.61. The Kier molecular flexibility index (Phi) is 9.26. The van der Waals surface area contributed by atoms with E-state index in [2.05, 4.69) is 42.3 Å². The molecule has 0 saturated heterocycles. The highest BCUT2D eigenvalue weighted by Crippen LogP contribution is 2.23. The number of aromatic nitrogens is 2. The van der Waals surface area contributed by atoms with Crippen LogP contribution in [0.5, 0.6) is 5.75 Å². The maximum absolute atomic E-state index is 9.95. The van der Waals surface area contributed by atoms with Crippen molar-refractivity contribution < 1.29 is 5.11 Å². The van der Waals surface area contributed by atoms with Gasteiger partial charge in [0.15, 0.2) is 5.96 Å². The van der Waals surface area contributed by atoms with E-state index in [1.165, 1.54) is 5.56 Å². The highest BCUT2D eigenvalue weighted by Gasteiger charge is 2.15. The zero-order valence-electron chi connectivity index (χ0n) is 18.1. The summed E-state index contributed by atoms with van der Waals surface area (Å²) in [6, 6.07) is 3.99. The van der Waals surface area contributed by atoms with Crippen molar-refractivity contribution in [3.8, 4) is 5.75 Å². The predicted octanol–water partition coefficient (Wildman–Crippen LogP) is 4.08. The number of phenols is 1. The molecule has 0 bridgehead atoms. The molecule has 1 aromatic heterocycles. The lowest BCUT2D eigenvalue weighted by molar-refractivity contribution is 0.466. The SMILES string of the molecule is CCNC(=NCc1cc(C)c(O)c(C)c1)N(C)Cc1cn(C)nc1C(C)C.I. The smallest absolute Gasteiger partial charge is 0.194 e. The zero-order chi connectivity index (χ0) is 20.1. The van der Waals surface area contributed by atoms with Crippen molar-refractivity contribution >= 4 is 29.9 Å². The van der Waals surface area contributed by atoms with Gasteiger partial charge in [-0.1, -0.05) is 26.0 Å². The summed E-state index contributed by atoms with van der Waals surface area (Å²) in [6.45, 7) is 12.4. The van der Waals surface area contributed by atoms with Crippen molar-refractivity contribution in [1.29, 1.82) is 0 Å². The monoisotopic (exact) mass is 499 g/mol. The molecule has 0 aliphatic carbocycles. The Bertz CT molecular complexity index is 790. The van der Waals surface area contributed by atoms with Gasteiger partial charge in [0.25, 0.3) is 0 Å². The van der Waals surface area contributed by atoms with Crippen LogP contribution in [-0.2, 0) is 20.1 Å². The Balaban J connectivity index is 0.00000392. The molecule has 156 valence electrons. The van der Waals surface area contributed by atoms with Gasteiger partial charge in [-0.2, -0.15) is 5.10 Å². The molecule has 1 heterocycles. The normalized spacial score (nSPS) is 11.5. The first kappa shape index (κ1) is 24.3. The molecule has 0 spiro atoms. The third-order valence-corrected chi connectivity index (χ3v) is 4.55. The highest BCUT2D eigenvalue weighted by atomic mass is 127. The minimum absolute atomic E-state index is 0. The first-order valence-electron chi connectivity index (χ1n) is 9.53. The molecule has 2 aromatic rings. The van der Waals surface area contributed by atoms with Gasteiger partial charge in [0.05, 0.1) is 12.2 Å². The van der Waals surface area contributed by atoms with Crippen molar-refractivity contribution in [3.05, 3.63) is 46.3 Å².